The predicted molar refractivity (Wildman–Crippen MR) is 94.0 cm³/mol. The zero-order valence-electron chi connectivity index (χ0n) is 14.1. The molecule has 2 rings (SSSR count). The molecule has 1 aromatic heterocycles. The third kappa shape index (κ3) is 4.06. The van der Waals surface area contributed by atoms with Gasteiger partial charge in [0.1, 0.15) is 0 Å². The summed E-state index contributed by atoms with van der Waals surface area (Å²) in [6.07, 6.45) is 0. The summed E-state index contributed by atoms with van der Waals surface area (Å²) in [7, 11) is 0. The van der Waals surface area contributed by atoms with Gasteiger partial charge in [0, 0.05) is 11.1 Å². The van der Waals surface area contributed by atoms with Gasteiger partial charge in [0.15, 0.2) is 5.82 Å². The third-order valence-electron chi connectivity index (χ3n) is 3.25. The molecule has 2 aromatic rings. The van der Waals surface area contributed by atoms with Gasteiger partial charge >= 0.3 is 0 Å². The first-order valence-corrected chi connectivity index (χ1v) is 8.29. The predicted octanol–water partition coefficient (Wildman–Crippen LogP) is 2.28. The Morgan fingerprint density at radius 3 is 2.71 bits per heavy atom. The van der Waals surface area contributed by atoms with E-state index in [0.717, 1.165) is 0 Å². The Kier molecular flexibility index (Phi) is 5.14. The van der Waals surface area contributed by atoms with Crippen LogP contribution in [-0.2, 0) is 10.2 Å². The maximum Gasteiger partial charge on any atom is 0.237 e. The van der Waals surface area contributed by atoms with E-state index in [2.05, 4.69) is 15.5 Å². The lowest BCUT2D eigenvalue weighted by atomic mass is 9.96. The van der Waals surface area contributed by atoms with Gasteiger partial charge in [-0.15, -0.1) is 10.2 Å². The van der Waals surface area contributed by atoms with E-state index in [1.165, 1.54) is 16.4 Å². The van der Waals surface area contributed by atoms with Crippen LogP contribution in [0.1, 0.15) is 39.1 Å². The van der Waals surface area contributed by atoms with Gasteiger partial charge < -0.3 is 11.2 Å². The van der Waals surface area contributed by atoms with Crippen molar-refractivity contribution in [1.82, 2.24) is 14.9 Å². The molecule has 7 nitrogen and oxygen atoms in total. The highest BCUT2D eigenvalue weighted by atomic mass is 32.2. The minimum Gasteiger partial charge on any atom is -0.336 e. The molecule has 1 aromatic carbocycles. The van der Waals surface area contributed by atoms with Crippen LogP contribution in [0.5, 0.6) is 0 Å². The van der Waals surface area contributed by atoms with Crippen molar-refractivity contribution in [3.63, 3.8) is 0 Å². The Balaban J connectivity index is 2.07. The molecule has 8 heteroatoms. The molecule has 1 amide bonds. The van der Waals surface area contributed by atoms with Crippen LogP contribution in [0.15, 0.2) is 29.4 Å². The molecule has 0 aliphatic carbocycles. The number of rotatable bonds is 4. The summed E-state index contributed by atoms with van der Waals surface area (Å²) in [5.41, 5.74) is 0.838. The number of benzene rings is 1. The van der Waals surface area contributed by atoms with E-state index in [9.17, 15) is 4.79 Å². The summed E-state index contributed by atoms with van der Waals surface area (Å²) in [6.45, 7) is 7.74. The Labute approximate surface area is 145 Å². The molecule has 0 radical (unpaired) electrons. The van der Waals surface area contributed by atoms with Crippen molar-refractivity contribution in [3.8, 4) is 6.07 Å². The number of nitriles is 1. The number of carbonyl (C=O) groups excluding carboxylic acids is 1. The lowest BCUT2D eigenvalue weighted by Crippen LogP contribution is -2.26. The number of nitrogens with one attached hydrogen (secondary N) is 1. The molecule has 126 valence electrons. The smallest absolute Gasteiger partial charge is 0.237 e. The summed E-state index contributed by atoms with van der Waals surface area (Å²) < 4.78 is 1.42. The lowest BCUT2D eigenvalue weighted by molar-refractivity contribution is -0.115. The Morgan fingerprint density at radius 2 is 2.12 bits per heavy atom. The first-order chi connectivity index (χ1) is 11.2. The monoisotopic (exact) mass is 344 g/mol. The van der Waals surface area contributed by atoms with Crippen molar-refractivity contribution in [2.24, 2.45) is 0 Å². The topological polar surface area (TPSA) is 110 Å². The van der Waals surface area contributed by atoms with E-state index in [1.807, 2.05) is 26.8 Å². The zero-order valence-corrected chi connectivity index (χ0v) is 14.9. The Hall–Kier alpha value is -2.53. The summed E-state index contributed by atoms with van der Waals surface area (Å²) in [4.78, 5) is 12.3. The highest BCUT2D eigenvalue weighted by Gasteiger charge is 2.25. The Bertz CT molecular complexity index is 787. The first-order valence-electron chi connectivity index (χ1n) is 7.41. The van der Waals surface area contributed by atoms with Crippen LogP contribution in [0.4, 0.5) is 5.69 Å². The van der Waals surface area contributed by atoms with Crippen LogP contribution >= 0.6 is 11.8 Å². The molecule has 3 N–H and O–H groups in total. The fraction of sp³-hybridized carbons (Fsp3) is 0.375. The second-order valence-electron chi connectivity index (χ2n) is 6.37. The number of nitrogen functional groups attached to an aromatic ring is 1. The molecule has 0 aliphatic heterocycles. The van der Waals surface area contributed by atoms with E-state index in [0.29, 0.717) is 22.2 Å². The number of anilines is 1. The number of aromatic nitrogens is 3. The van der Waals surface area contributed by atoms with Gasteiger partial charge in [-0.1, -0.05) is 38.6 Å². The molecule has 1 atom stereocenters. The minimum atomic E-state index is -0.421. The van der Waals surface area contributed by atoms with Crippen molar-refractivity contribution >= 4 is 23.4 Å². The number of hydrogen-bond donors (Lipinski definition) is 2. The molecule has 0 bridgehead atoms. The maximum atomic E-state index is 12.3. The van der Waals surface area contributed by atoms with Crippen LogP contribution in [0, 0.1) is 11.3 Å². The molecule has 1 unspecified atom stereocenters. The molecule has 0 spiro atoms. The molecule has 0 saturated heterocycles. The summed E-state index contributed by atoms with van der Waals surface area (Å²) in [5, 5.41) is 19.9. The molecular formula is C16H20N6OS. The van der Waals surface area contributed by atoms with Crippen LogP contribution < -0.4 is 11.2 Å². The Morgan fingerprint density at radius 1 is 1.42 bits per heavy atom. The minimum absolute atomic E-state index is 0.199. The summed E-state index contributed by atoms with van der Waals surface area (Å²) in [6, 6.07) is 8.80. The van der Waals surface area contributed by atoms with Crippen molar-refractivity contribution in [2.75, 3.05) is 11.2 Å². The molecule has 1 heterocycles. The molecule has 0 saturated carbocycles. The van der Waals surface area contributed by atoms with Gasteiger partial charge in [-0.25, -0.2) is 4.68 Å². The number of nitrogens with two attached hydrogens (primary N) is 1. The zero-order chi connectivity index (χ0) is 17.9. The average Bonchev–Trinajstić information content (AvgIpc) is 2.88. The van der Waals surface area contributed by atoms with Crippen LogP contribution in [0.25, 0.3) is 0 Å². The fourth-order valence-corrected chi connectivity index (χ4v) is 2.76. The highest BCUT2D eigenvalue weighted by molar-refractivity contribution is 8.00. The van der Waals surface area contributed by atoms with E-state index in [4.69, 9.17) is 11.1 Å². The normalized spacial score (nSPS) is 12.5. The second kappa shape index (κ2) is 6.93. The number of nitrogens with zero attached hydrogens (tertiary/aromatic N) is 4. The van der Waals surface area contributed by atoms with Crippen molar-refractivity contribution in [3.05, 3.63) is 35.7 Å². The second-order valence-corrected chi connectivity index (χ2v) is 7.68. The maximum absolute atomic E-state index is 12.3. The molecular weight excluding hydrogens is 324 g/mol. The number of thioether (sulfide) groups is 1. The van der Waals surface area contributed by atoms with Gasteiger partial charge in [-0.3, -0.25) is 4.79 Å². The van der Waals surface area contributed by atoms with Gasteiger partial charge in [-0.2, -0.15) is 5.26 Å². The van der Waals surface area contributed by atoms with Crippen LogP contribution in [0.2, 0.25) is 0 Å². The van der Waals surface area contributed by atoms with Gasteiger partial charge in [0.25, 0.3) is 0 Å². The standard InChI is InChI=1S/C16H20N6OS/c1-10(13(23)19-12-7-5-6-11(8-12)9-17)24-15-21-20-14(22(15)18)16(2,3)4/h5-8,10H,18H2,1-4H3,(H,19,23). The average molecular weight is 344 g/mol. The van der Waals surface area contributed by atoms with Crippen LogP contribution in [0.3, 0.4) is 0 Å². The van der Waals surface area contributed by atoms with E-state index in [1.54, 1.807) is 31.2 Å². The number of hydrogen-bond acceptors (Lipinski definition) is 6. The summed E-state index contributed by atoms with van der Waals surface area (Å²) >= 11 is 1.23. The SMILES string of the molecule is CC(Sc1nnc(C(C)(C)C)n1N)C(=O)Nc1cccc(C#N)c1. The lowest BCUT2D eigenvalue weighted by Gasteiger charge is -2.17. The van der Waals surface area contributed by atoms with E-state index in [-0.39, 0.29) is 11.3 Å². The van der Waals surface area contributed by atoms with Gasteiger partial charge in [0.05, 0.1) is 16.9 Å². The number of amides is 1. The fourth-order valence-electron chi connectivity index (χ4n) is 1.99. The van der Waals surface area contributed by atoms with Gasteiger partial charge in [-0.05, 0) is 25.1 Å². The first kappa shape index (κ1) is 17.8. The molecule has 24 heavy (non-hydrogen) atoms. The third-order valence-corrected chi connectivity index (χ3v) is 4.30. The largest absolute Gasteiger partial charge is 0.336 e. The number of carbonyl (C=O) groups is 1. The highest BCUT2D eigenvalue weighted by Crippen LogP contribution is 2.26. The molecule has 0 fully saturated rings. The van der Waals surface area contributed by atoms with Crippen molar-refractivity contribution in [2.45, 2.75) is 43.5 Å². The van der Waals surface area contributed by atoms with Crippen molar-refractivity contribution in [1.29, 1.82) is 5.26 Å². The molecule has 0 aliphatic rings. The van der Waals surface area contributed by atoms with Gasteiger partial charge in [0.2, 0.25) is 11.1 Å². The van der Waals surface area contributed by atoms with E-state index < -0.39 is 5.25 Å². The quantitative estimate of drug-likeness (QED) is 0.650. The van der Waals surface area contributed by atoms with E-state index >= 15 is 0 Å². The van der Waals surface area contributed by atoms with Crippen LogP contribution in [-0.4, -0.2) is 26.0 Å². The summed E-state index contributed by atoms with van der Waals surface area (Å²) in [5.74, 6) is 6.48. The van der Waals surface area contributed by atoms with Crippen molar-refractivity contribution < 1.29 is 4.79 Å².